The first-order chi connectivity index (χ1) is 7.57. The van der Waals surface area contributed by atoms with Crippen LogP contribution in [0.4, 0.5) is 0 Å². The molecular formula is C9H10N2O4S. The molecule has 1 fully saturated rings. The zero-order valence-corrected chi connectivity index (χ0v) is 9.28. The second-order valence-corrected chi connectivity index (χ2v) is 4.71. The Bertz CT molecular complexity index is 406. The van der Waals surface area contributed by atoms with Crippen molar-refractivity contribution in [3.63, 3.8) is 0 Å². The summed E-state index contributed by atoms with van der Waals surface area (Å²) in [5.41, 5.74) is 0.726. The third-order valence-corrected chi connectivity index (χ3v) is 4.03. The SMILES string of the molecule is CC1=C(C(=O)O)N2C(=O)C(NC=O)C2SC1. The van der Waals surface area contributed by atoms with Crippen LogP contribution in [-0.4, -0.2) is 45.5 Å². The standard InChI is InChI=1S/C9H10N2O4S/c1-4-2-16-8-5(10-3-12)7(13)11(8)6(4)9(14)15/h3,5,8H,2H2,1H3,(H,10,12)(H,14,15). The van der Waals surface area contributed by atoms with Gasteiger partial charge in [-0.1, -0.05) is 0 Å². The first-order valence-electron chi connectivity index (χ1n) is 4.65. The third-order valence-electron chi connectivity index (χ3n) is 2.61. The van der Waals surface area contributed by atoms with E-state index in [1.165, 1.54) is 16.7 Å². The minimum atomic E-state index is -1.10. The topological polar surface area (TPSA) is 86.7 Å². The van der Waals surface area contributed by atoms with Gasteiger partial charge < -0.3 is 10.4 Å². The van der Waals surface area contributed by atoms with E-state index in [1.54, 1.807) is 6.92 Å². The minimum absolute atomic E-state index is 0.0534. The van der Waals surface area contributed by atoms with Gasteiger partial charge in [0.25, 0.3) is 5.91 Å². The summed E-state index contributed by atoms with van der Waals surface area (Å²) in [5, 5.41) is 11.1. The zero-order valence-electron chi connectivity index (χ0n) is 8.47. The molecule has 1 saturated heterocycles. The molecule has 0 radical (unpaired) electrons. The van der Waals surface area contributed by atoms with Crippen molar-refractivity contribution in [2.24, 2.45) is 0 Å². The molecule has 2 aliphatic rings. The van der Waals surface area contributed by atoms with Crippen LogP contribution in [0.2, 0.25) is 0 Å². The third kappa shape index (κ3) is 1.39. The number of fused-ring (bicyclic) bond motifs is 1. The highest BCUT2D eigenvalue weighted by Gasteiger charge is 2.52. The molecule has 0 saturated carbocycles. The minimum Gasteiger partial charge on any atom is -0.477 e. The van der Waals surface area contributed by atoms with Crippen LogP contribution in [0, 0.1) is 0 Å². The van der Waals surface area contributed by atoms with Gasteiger partial charge in [0, 0.05) is 5.75 Å². The smallest absolute Gasteiger partial charge is 0.352 e. The van der Waals surface area contributed by atoms with Crippen LogP contribution in [0.3, 0.4) is 0 Å². The summed E-state index contributed by atoms with van der Waals surface area (Å²) >= 11 is 1.46. The number of carboxylic acid groups (broad SMARTS) is 1. The van der Waals surface area contributed by atoms with Gasteiger partial charge in [-0.15, -0.1) is 11.8 Å². The van der Waals surface area contributed by atoms with Gasteiger partial charge in [-0.05, 0) is 12.5 Å². The van der Waals surface area contributed by atoms with Gasteiger partial charge >= 0.3 is 5.97 Å². The fourth-order valence-corrected chi connectivity index (χ4v) is 3.17. The highest BCUT2D eigenvalue weighted by molar-refractivity contribution is 8.00. The van der Waals surface area contributed by atoms with Crippen molar-refractivity contribution in [3.8, 4) is 0 Å². The Labute approximate surface area is 95.7 Å². The Morgan fingerprint density at radius 1 is 1.69 bits per heavy atom. The molecule has 0 aromatic rings. The van der Waals surface area contributed by atoms with Crippen molar-refractivity contribution < 1.29 is 19.5 Å². The Morgan fingerprint density at radius 2 is 2.38 bits per heavy atom. The molecule has 0 aromatic heterocycles. The van der Waals surface area contributed by atoms with Crippen molar-refractivity contribution >= 4 is 30.0 Å². The molecule has 6 nitrogen and oxygen atoms in total. The fourth-order valence-electron chi connectivity index (χ4n) is 1.87. The number of β-lactam (4-membered cyclic amide) rings is 1. The number of thioether (sulfide) groups is 1. The van der Waals surface area contributed by atoms with E-state index in [9.17, 15) is 14.4 Å². The summed E-state index contributed by atoms with van der Waals surface area (Å²) in [4.78, 5) is 34.2. The molecule has 7 heteroatoms. The summed E-state index contributed by atoms with van der Waals surface area (Å²) in [7, 11) is 0. The molecule has 2 atom stereocenters. The van der Waals surface area contributed by atoms with Gasteiger partial charge in [0.15, 0.2) is 0 Å². The van der Waals surface area contributed by atoms with E-state index in [2.05, 4.69) is 5.32 Å². The molecule has 0 spiro atoms. The molecule has 0 bridgehead atoms. The number of carbonyl (C=O) groups is 3. The lowest BCUT2D eigenvalue weighted by atomic mass is 10.0. The predicted octanol–water partition coefficient (Wildman–Crippen LogP) is -0.625. The highest BCUT2D eigenvalue weighted by Crippen LogP contribution is 2.39. The number of hydrogen-bond acceptors (Lipinski definition) is 4. The molecule has 0 aromatic carbocycles. The molecule has 2 amide bonds. The van der Waals surface area contributed by atoms with Crippen LogP contribution in [-0.2, 0) is 14.4 Å². The highest BCUT2D eigenvalue weighted by atomic mass is 32.2. The van der Waals surface area contributed by atoms with E-state index in [4.69, 9.17) is 5.11 Å². The van der Waals surface area contributed by atoms with Crippen LogP contribution in [0.15, 0.2) is 11.3 Å². The molecule has 2 heterocycles. The van der Waals surface area contributed by atoms with Crippen LogP contribution < -0.4 is 5.32 Å². The fraction of sp³-hybridized carbons (Fsp3) is 0.444. The van der Waals surface area contributed by atoms with Crippen molar-refractivity contribution in [3.05, 3.63) is 11.3 Å². The molecule has 2 aliphatic heterocycles. The number of hydrogen-bond donors (Lipinski definition) is 2. The van der Waals surface area contributed by atoms with Crippen molar-refractivity contribution in [2.45, 2.75) is 18.3 Å². The van der Waals surface area contributed by atoms with Crippen LogP contribution in [0.1, 0.15) is 6.92 Å². The van der Waals surface area contributed by atoms with Gasteiger partial charge in [0.1, 0.15) is 17.1 Å². The normalized spacial score (nSPS) is 28.3. The predicted molar refractivity (Wildman–Crippen MR) is 56.4 cm³/mol. The van der Waals surface area contributed by atoms with Crippen molar-refractivity contribution in [2.75, 3.05) is 5.75 Å². The van der Waals surface area contributed by atoms with Crippen LogP contribution >= 0.6 is 11.8 Å². The lowest BCUT2D eigenvalue weighted by Crippen LogP contribution is -2.69. The molecule has 16 heavy (non-hydrogen) atoms. The maximum atomic E-state index is 11.6. The number of carbonyl (C=O) groups excluding carboxylic acids is 2. The number of nitrogens with zero attached hydrogens (tertiary/aromatic N) is 1. The summed E-state index contributed by atoms with van der Waals surface area (Å²) in [6.07, 6.45) is 0.464. The maximum absolute atomic E-state index is 11.6. The van der Waals surface area contributed by atoms with E-state index >= 15 is 0 Å². The molecule has 2 N–H and O–H groups in total. The Hall–Kier alpha value is -1.50. The number of amides is 2. The second kappa shape index (κ2) is 3.82. The van der Waals surface area contributed by atoms with Gasteiger partial charge in [0.05, 0.1) is 0 Å². The lowest BCUT2D eigenvalue weighted by Gasteiger charge is -2.48. The van der Waals surface area contributed by atoms with Gasteiger partial charge in [-0.3, -0.25) is 14.5 Å². The summed E-state index contributed by atoms with van der Waals surface area (Å²) in [6.45, 7) is 1.69. The van der Waals surface area contributed by atoms with E-state index < -0.39 is 12.0 Å². The average Bonchev–Trinajstić information content (AvgIpc) is 2.25. The molecule has 2 unspecified atom stereocenters. The van der Waals surface area contributed by atoms with Crippen molar-refractivity contribution in [1.29, 1.82) is 0 Å². The van der Waals surface area contributed by atoms with E-state index in [-0.39, 0.29) is 17.0 Å². The monoisotopic (exact) mass is 242 g/mol. The van der Waals surface area contributed by atoms with E-state index in [0.29, 0.717) is 17.7 Å². The van der Waals surface area contributed by atoms with E-state index in [1.807, 2.05) is 0 Å². The molecular weight excluding hydrogens is 232 g/mol. The number of rotatable bonds is 3. The summed E-state index contributed by atoms with van der Waals surface area (Å²) in [5.74, 6) is -0.894. The molecule has 86 valence electrons. The van der Waals surface area contributed by atoms with Gasteiger partial charge in [-0.25, -0.2) is 4.79 Å². The van der Waals surface area contributed by atoms with Crippen molar-refractivity contribution in [1.82, 2.24) is 10.2 Å². The Morgan fingerprint density at radius 3 is 2.94 bits per heavy atom. The molecule has 0 aliphatic carbocycles. The van der Waals surface area contributed by atoms with Gasteiger partial charge in [0.2, 0.25) is 6.41 Å². The van der Waals surface area contributed by atoms with E-state index in [0.717, 1.165) is 0 Å². The number of aliphatic carboxylic acids is 1. The average molecular weight is 242 g/mol. The molecule has 2 rings (SSSR count). The number of carboxylic acids is 1. The Kier molecular flexibility index (Phi) is 2.63. The summed E-state index contributed by atoms with van der Waals surface area (Å²) < 4.78 is 0. The zero-order chi connectivity index (χ0) is 11.9. The number of nitrogens with one attached hydrogen (secondary N) is 1. The second-order valence-electron chi connectivity index (χ2n) is 3.61. The largest absolute Gasteiger partial charge is 0.477 e. The maximum Gasteiger partial charge on any atom is 0.352 e. The summed E-state index contributed by atoms with van der Waals surface area (Å²) in [6, 6.07) is -0.593. The Balaban J connectivity index is 2.27. The quantitative estimate of drug-likeness (QED) is 0.508. The van der Waals surface area contributed by atoms with Crippen LogP contribution in [0.5, 0.6) is 0 Å². The first-order valence-corrected chi connectivity index (χ1v) is 5.70. The van der Waals surface area contributed by atoms with Crippen LogP contribution in [0.25, 0.3) is 0 Å². The lowest BCUT2D eigenvalue weighted by molar-refractivity contribution is -0.149. The van der Waals surface area contributed by atoms with Gasteiger partial charge in [-0.2, -0.15) is 0 Å². The first kappa shape index (κ1) is 11.0.